The lowest BCUT2D eigenvalue weighted by atomic mass is 9.89. The van der Waals surface area contributed by atoms with Gasteiger partial charge in [0.15, 0.2) is 0 Å². The number of ether oxygens (including phenoxy) is 1. The predicted octanol–water partition coefficient (Wildman–Crippen LogP) is 4.78. The SMILES string of the molecule is Cc1ccc2nc(C(F)(F)F)n(CC(=O)NC3CC(C)(C)Oc4ccccc43)c2c1. The van der Waals surface area contributed by atoms with Gasteiger partial charge in [0.05, 0.1) is 17.1 Å². The molecule has 1 aliphatic heterocycles. The zero-order valence-corrected chi connectivity index (χ0v) is 16.9. The van der Waals surface area contributed by atoms with Gasteiger partial charge in [-0.3, -0.25) is 4.79 Å². The van der Waals surface area contributed by atoms with Crippen molar-refractivity contribution in [2.24, 2.45) is 0 Å². The summed E-state index contributed by atoms with van der Waals surface area (Å²) >= 11 is 0. The maximum absolute atomic E-state index is 13.6. The van der Waals surface area contributed by atoms with E-state index in [0.717, 1.165) is 15.7 Å². The van der Waals surface area contributed by atoms with Crippen molar-refractivity contribution in [2.45, 2.75) is 51.6 Å². The fourth-order valence-corrected chi connectivity index (χ4v) is 3.92. The maximum atomic E-state index is 13.6. The number of hydrogen-bond donors (Lipinski definition) is 1. The van der Waals surface area contributed by atoms with Gasteiger partial charge in [-0.1, -0.05) is 24.3 Å². The molecule has 1 amide bonds. The second kappa shape index (κ2) is 7.04. The van der Waals surface area contributed by atoms with E-state index in [9.17, 15) is 18.0 Å². The molecule has 0 saturated heterocycles. The Kier molecular flexibility index (Phi) is 4.75. The van der Waals surface area contributed by atoms with Crippen LogP contribution in [0, 0.1) is 6.92 Å². The molecule has 1 aliphatic rings. The Morgan fingerprint density at radius 1 is 1.27 bits per heavy atom. The average molecular weight is 417 g/mol. The molecule has 158 valence electrons. The highest BCUT2D eigenvalue weighted by Gasteiger charge is 2.39. The maximum Gasteiger partial charge on any atom is 0.449 e. The van der Waals surface area contributed by atoms with Gasteiger partial charge in [-0.25, -0.2) is 4.98 Å². The summed E-state index contributed by atoms with van der Waals surface area (Å²) in [5.41, 5.74) is 1.58. The van der Waals surface area contributed by atoms with E-state index >= 15 is 0 Å². The number of rotatable bonds is 3. The first kappa shape index (κ1) is 20.3. The molecule has 1 atom stereocenters. The number of imidazole rings is 1. The minimum atomic E-state index is -4.67. The third-order valence-electron chi connectivity index (χ3n) is 5.17. The van der Waals surface area contributed by atoms with Crippen LogP contribution in [-0.2, 0) is 17.5 Å². The van der Waals surface area contributed by atoms with Crippen molar-refractivity contribution in [1.82, 2.24) is 14.9 Å². The van der Waals surface area contributed by atoms with Crippen molar-refractivity contribution in [3.63, 3.8) is 0 Å². The largest absolute Gasteiger partial charge is 0.487 e. The molecular formula is C22H22F3N3O2. The molecule has 4 rings (SSSR count). The third kappa shape index (κ3) is 3.86. The standard InChI is InChI=1S/C22H22F3N3O2/c1-13-8-9-15-17(10-13)28(20(27-15)22(23,24)25)12-19(29)26-16-11-21(2,3)30-18-7-5-4-6-14(16)18/h4-10,16H,11-12H2,1-3H3,(H,26,29). The fourth-order valence-electron chi connectivity index (χ4n) is 3.92. The van der Waals surface area contributed by atoms with E-state index in [1.54, 1.807) is 19.1 Å². The van der Waals surface area contributed by atoms with Crippen molar-refractivity contribution in [2.75, 3.05) is 0 Å². The van der Waals surface area contributed by atoms with E-state index in [0.29, 0.717) is 12.2 Å². The van der Waals surface area contributed by atoms with Crippen LogP contribution in [0.5, 0.6) is 5.75 Å². The van der Waals surface area contributed by atoms with Crippen LogP contribution in [0.4, 0.5) is 13.2 Å². The monoisotopic (exact) mass is 417 g/mol. The van der Waals surface area contributed by atoms with Gasteiger partial charge in [0, 0.05) is 12.0 Å². The van der Waals surface area contributed by atoms with E-state index < -0.39 is 30.1 Å². The number of hydrogen-bond acceptors (Lipinski definition) is 3. The highest BCUT2D eigenvalue weighted by molar-refractivity contribution is 5.82. The Labute approximate surface area is 171 Å². The highest BCUT2D eigenvalue weighted by atomic mass is 19.4. The molecule has 0 fully saturated rings. The van der Waals surface area contributed by atoms with Gasteiger partial charge in [-0.05, 0) is 44.5 Å². The molecule has 5 nitrogen and oxygen atoms in total. The van der Waals surface area contributed by atoms with Crippen molar-refractivity contribution in [3.05, 3.63) is 59.4 Å². The van der Waals surface area contributed by atoms with Gasteiger partial charge in [-0.15, -0.1) is 0 Å². The van der Waals surface area contributed by atoms with Crippen LogP contribution in [-0.4, -0.2) is 21.1 Å². The predicted molar refractivity (Wildman–Crippen MR) is 106 cm³/mol. The number of amides is 1. The first-order valence-electron chi connectivity index (χ1n) is 9.65. The fraction of sp³-hybridized carbons (Fsp3) is 0.364. The highest BCUT2D eigenvalue weighted by Crippen LogP contribution is 2.39. The second-order valence-electron chi connectivity index (χ2n) is 8.24. The van der Waals surface area contributed by atoms with Gasteiger partial charge in [0.25, 0.3) is 0 Å². The molecule has 30 heavy (non-hydrogen) atoms. The van der Waals surface area contributed by atoms with Gasteiger partial charge < -0.3 is 14.6 Å². The van der Waals surface area contributed by atoms with E-state index in [4.69, 9.17) is 4.74 Å². The Morgan fingerprint density at radius 2 is 2.00 bits per heavy atom. The quantitative estimate of drug-likeness (QED) is 0.667. The Balaban J connectivity index is 1.65. The Morgan fingerprint density at radius 3 is 2.73 bits per heavy atom. The van der Waals surface area contributed by atoms with E-state index in [2.05, 4.69) is 10.3 Å². The minimum absolute atomic E-state index is 0.207. The smallest absolute Gasteiger partial charge is 0.449 e. The van der Waals surface area contributed by atoms with Crippen LogP contribution < -0.4 is 10.1 Å². The number of fused-ring (bicyclic) bond motifs is 2. The van der Waals surface area contributed by atoms with Gasteiger partial charge in [0.2, 0.25) is 11.7 Å². The van der Waals surface area contributed by atoms with Gasteiger partial charge in [0.1, 0.15) is 17.9 Å². The van der Waals surface area contributed by atoms with E-state index in [-0.39, 0.29) is 17.1 Å². The molecular weight excluding hydrogens is 395 g/mol. The molecule has 0 aliphatic carbocycles. The number of para-hydroxylation sites is 1. The summed E-state index contributed by atoms with van der Waals surface area (Å²) < 4.78 is 47.6. The lowest BCUT2D eigenvalue weighted by Crippen LogP contribution is -2.42. The van der Waals surface area contributed by atoms with E-state index in [1.807, 2.05) is 38.1 Å². The van der Waals surface area contributed by atoms with Crippen molar-refractivity contribution < 1.29 is 22.7 Å². The molecule has 1 aromatic heterocycles. The summed E-state index contributed by atoms with van der Waals surface area (Å²) in [6.45, 7) is 5.13. The minimum Gasteiger partial charge on any atom is -0.487 e. The molecule has 2 heterocycles. The number of aryl methyl sites for hydroxylation is 1. The van der Waals surface area contributed by atoms with Gasteiger partial charge in [-0.2, -0.15) is 13.2 Å². The number of aromatic nitrogens is 2. The number of nitrogens with one attached hydrogen (secondary N) is 1. The molecule has 8 heteroatoms. The van der Waals surface area contributed by atoms with Crippen LogP contribution in [0.25, 0.3) is 11.0 Å². The number of carbonyl (C=O) groups is 1. The summed E-state index contributed by atoms with van der Waals surface area (Å²) in [6, 6.07) is 11.8. The number of halogens is 3. The summed E-state index contributed by atoms with van der Waals surface area (Å²) in [4.78, 5) is 16.6. The molecule has 0 spiro atoms. The molecule has 3 aromatic rings. The van der Waals surface area contributed by atoms with Crippen molar-refractivity contribution >= 4 is 16.9 Å². The molecule has 0 radical (unpaired) electrons. The lowest BCUT2D eigenvalue weighted by molar-refractivity contribution is -0.147. The Hall–Kier alpha value is -3.03. The van der Waals surface area contributed by atoms with Crippen LogP contribution in [0.2, 0.25) is 0 Å². The summed E-state index contributed by atoms with van der Waals surface area (Å²) in [6.07, 6.45) is -4.16. The lowest BCUT2D eigenvalue weighted by Gasteiger charge is -2.37. The number of benzene rings is 2. The van der Waals surface area contributed by atoms with Gasteiger partial charge >= 0.3 is 6.18 Å². The van der Waals surface area contributed by atoms with E-state index in [1.165, 1.54) is 6.07 Å². The second-order valence-corrected chi connectivity index (χ2v) is 8.24. The van der Waals surface area contributed by atoms with Crippen LogP contribution in [0.1, 0.15) is 43.3 Å². The molecule has 1 unspecified atom stereocenters. The average Bonchev–Trinajstić information content (AvgIpc) is 2.99. The number of nitrogens with zero attached hydrogens (tertiary/aromatic N) is 2. The topological polar surface area (TPSA) is 56.2 Å². The molecule has 0 bridgehead atoms. The van der Waals surface area contributed by atoms with Crippen LogP contribution >= 0.6 is 0 Å². The van der Waals surface area contributed by atoms with Crippen molar-refractivity contribution in [3.8, 4) is 5.75 Å². The first-order chi connectivity index (χ1) is 14.0. The summed E-state index contributed by atoms with van der Waals surface area (Å²) in [5.74, 6) is -0.927. The third-order valence-corrected chi connectivity index (χ3v) is 5.17. The summed E-state index contributed by atoms with van der Waals surface area (Å²) in [7, 11) is 0. The molecule has 1 N–H and O–H groups in total. The molecule has 2 aromatic carbocycles. The Bertz CT molecular complexity index is 1120. The van der Waals surface area contributed by atoms with Crippen LogP contribution in [0.3, 0.4) is 0 Å². The number of carbonyl (C=O) groups excluding carboxylic acids is 1. The first-order valence-corrected chi connectivity index (χ1v) is 9.65. The number of alkyl halides is 3. The molecule has 0 saturated carbocycles. The normalized spacial score (nSPS) is 18.0. The zero-order valence-electron chi connectivity index (χ0n) is 16.9. The summed E-state index contributed by atoms with van der Waals surface area (Å²) in [5, 5.41) is 2.89. The van der Waals surface area contributed by atoms with Crippen molar-refractivity contribution in [1.29, 1.82) is 0 Å². The van der Waals surface area contributed by atoms with Crippen LogP contribution in [0.15, 0.2) is 42.5 Å². The zero-order chi connectivity index (χ0) is 21.7.